The van der Waals surface area contributed by atoms with Gasteiger partial charge in [0.05, 0.1) is 0 Å². The fourth-order valence-corrected chi connectivity index (χ4v) is 4.46. The molecule has 0 spiro atoms. The molecule has 1 aliphatic rings. The van der Waals surface area contributed by atoms with Crippen LogP contribution in [0.25, 0.3) is 0 Å². The Kier molecular flexibility index (Phi) is 8.90. The molecule has 2 aromatic carbocycles. The molecule has 7 nitrogen and oxygen atoms in total. The third-order valence-electron chi connectivity index (χ3n) is 6.22. The number of nitrogens with one attached hydrogen (secondary N) is 2. The van der Waals surface area contributed by atoms with E-state index in [2.05, 4.69) is 10.6 Å². The molecule has 1 saturated carbocycles. The lowest BCUT2D eigenvalue weighted by Gasteiger charge is -2.37. The Morgan fingerprint density at radius 1 is 0.974 bits per heavy atom. The Labute approximate surface area is 227 Å². The van der Waals surface area contributed by atoms with Crippen LogP contribution in [0.15, 0.2) is 48.5 Å². The van der Waals surface area contributed by atoms with Crippen molar-refractivity contribution in [1.29, 1.82) is 0 Å². The molecule has 0 aliphatic heterocycles. The van der Waals surface area contributed by atoms with Crippen molar-refractivity contribution in [3.8, 4) is 0 Å². The standard InChI is InChI=1S/C31H43N3O4/c1-20-14-15-21(2)24(18-20)26(27(35)33-30(3,4)5)34(23-16-17-23)28(36)25(19-22-12-10-9-11-13-22)32-29(37)38-31(6,7)8/h9-15,18,23,25-26H,16-17,19H2,1-8H3,(H,32,37)(H,33,35). The van der Waals surface area contributed by atoms with Crippen molar-refractivity contribution >= 4 is 17.9 Å². The second kappa shape index (κ2) is 11.6. The molecule has 1 aliphatic carbocycles. The van der Waals surface area contributed by atoms with Crippen molar-refractivity contribution in [2.24, 2.45) is 0 Å². The minimum Gasteiger partial charge on any atom is -0.444 e. The number of aryl methyl sites for hydroxylation is 2. The first-order valence-corrected chi connectivity index (χ1v) is 13.4. The molecule has 0 saturated heterocycles. The zero-order chi connectivity index (χ0) is 28.3. The Morgan fingerprint density at radius 2 is 1.61 bits per heavy atom. The highest BCUT2D eigenvalue weighted by atomic mass is 16.6. The van der Waals surface area contributed by atoms with Gasteiger partial charge in [-0.25, -0.2) is 4.79 Å². The second-order valence-electron chi connectivity index (χ2n) is 12.4. The Morgan fingerprint density at radius 3 is 2.16 bits per heavy atom. The zero-order valence-corrected chi connectivity index (χ0v) is 24.1. The Bertz CT molecular complexity index is 1140. The summed E-state index contributed by atoms with van der Waals surface area (Å²) in [5.41, 5.74) is 2.44. The number of carbonyl (C=O) groups excluding carboxylic acids is 3. The summed E-state index contributed by atoms with van der Waals surface area (Å²) >= 11 is 0. The molecule has 206 valence electrons. The van der Waals surface area contributed by atoms with Crippen molar-refractivity contribution in [2.75, 3.05) is 0 Å². The first-order valence-electron chi connectivity index (χ1n) is 13.4. The van der Waals surface area contributed by atoms with Crippen molar-refractivity contribution in [2.45, 2.75) is 104 Å². The number of benzene rings is 2. The lowest BCUT2D eigenvalue weighted by Crippen LogP contribution is -2.56. The van der Waals surface area contributed by atoms with E-state index in [4.69, 9.17) is 4.74 Å². The van der Waals surface area contributed by atoms with Gasteiger partial charge in [0.2, 0.25) is 11.8 Å². The molecule has 3 amide bonds. The average Bonchev–Trinajstić information content (AvgIpc) is 3.61. The molecule has 0 heterocycles. The quantitative estimate of drug-likeness (QED) is 0.488. The van der Waals surface area contributed by atoms with Crippen LogP contribution in [-0.4, -0.2) is 46.0 Å². The van der Waals surface area contributed by atoms with E-state index >= 15 is 0 Å². The van der Waals surface area contributed by atoms with Crippen molar-refractivity contribution < 1.29 is 19.1 Å². The van der Waals surface area contributed by atoms with Gasteiger partial charge < -0.3 is 20.3 Å². The third-order valence-corrected chi connectivity index (χ3v) is 6.22. The summed E-state index contributed by atoms with van der Waals surface area (Å²) in [4.78, 5) is 42.8. The van der Waals surface area contributed by atoms with Crippen molar-refractivity contribution in [3.63, 3.8) is 0 Å². The summed E-state index contributed by atoms with van der Waals surface area (Å²) in [5.74, 6) is -0.528. The molecule has 3 rings (SSSR count). The summed E-state index contributed by atoms with van der Waals surface area (Å²) < 4.78 is 5.51. The fourth-order valence-electron chi connectivity index (χ4n) is 4.46. The smallest absolute Gasteiger partial charge is 0.408 e. The number of hydrogen-bond donors (Lipinski definition) is 2. The van der Waals surface area contributed by atoms with E-state index in [9.17, 15) is 14.4 Å². The Balaban J connectivity index is 2.05. The molecule has 0 bridgehead atoms. The van der Waals surface area contributed by atoms with Crippen molar-refractivity contribution in [1.82, 2.24) is 15.5 Å². The van der Waals surface area contributed by atoms with Crippen LogP contribution in [-0.2, 0) is 20.7 Å². The van der Waals surface area contributed by atoms with Gasteiger partial charge in [-0.3, -0.25) is 9.59 Å². The van der Waals surface area contributed by atoms with Gasteiger partial charge in [-0.05, 0) is 84.9 Å². The SMILES string of the molecule is Cc1ccc(C)c(C(C(=O)NC(C)(C)C)N(C(=O)C(Cc2ccccc2)NC(=O)OC(C)(C)C)C2CC2)c1. The molecule has 38 heavy (non-hydrogen) atoms. The van der Waals surface area contributed by atoms with Gasteiger partial charge >= 0.3 is 6.09 Å². The van der Waals surface area contributed by atoms with Gasteiger partial charge in [0, 0.05) is 18.0 Å². The van der Waals surface area contributed by atoms with Gasteiger partial charge in [-0.2, -0.15) is 0 Å². The summed E-state index contributed by atoms with van der Waals surface area (Å²) in [6, 6.07) is 13.7. The second-order valence-corrected chi connectivity index (χ2v) is 12.4. The topological polar surface area (TPSA) is 87.7 Å². The fraction of sp³-hybridized carbons (Fsp3) is 0.516. The lowest BCUT2D eigenvalue weighted by atomic mass is 9.94. The van der Waals surface area contributed by atoms with E-state index in [1.54, 1.807) is 25.7 Å². The molecule has 2 atom stereocenters. The van der Waals surface area contributed by atoms with E-state index in [0.717, 1.165) is 35.1 Å². The Hall–Kier alpha value is -3.35. The maximum atomic E-state index is 14.4. The van der Waals surface area contributed by atoms with Crippen LogP contribution in [0.1, 0.15) is 82.7 Å². The third kappa shape index (κ3) is 8.33. The molecule has 2 unspecified atom stereocenters. The highest BCUT2D eigenvalue weighted by Crippen LogP contribution is 2.37. The van der Waals surface area contributed by atoms with Gasteiger partial charge in [0.15, 0.2) is 0 Å². The largest absolute Gasteiger partial charge is 0.444 e. The van der Waals surface area contributed by atoms with Crippen LogP contribution in [0.4, 0.5) is 4.79 Å². The van der Waals surface area contributed by atoms with E-state index in [0.29, 0.717) is 0 Å². The lowest BCUT2D eigenvalue weighted by molar-refractivity contribution is -0.143. The van der Waals surface area contributed by atoms with E-state index in [-0.39, 0.29) is 24.3 Å². The molecular weight excluding hydrogens is 478 g/mol. The van der Waals surface area contributed by atoms with Crippen LogP contribution < -0.4 is 10.6 Å². The van der Waals surface area contributed by atoms with E-state index in [1.807, 2.05) is 83.1 Å². The predicted octanol–water partition coefficient (Wildman–Crippen LogP) is 5.39. The highest BCUT2D eigenvalue weighted by Gasteiger charge is 2.45. The van der Waals surface area contributed by atoms with Gasteiger partial charge in [-0.1, -0.05) is 54.1 Å². The summed E-state index contributed by atoms with van der Waals surface area (Å²) in [5, 5.41) is 5.92. The number of carbonyl (C=O) groups is 3. The van der Waals surface area contributed by atoms with Gasteiger partial charge in [0.1, 0.15) is 17.7 Å². The predicted molar refractivity (Wildman–Crippen MR) is 150 cm³/mol. The maximum Gasteiger partial charge on any atom is 0.408 e. The molecule has 2 N–H and O–H groups in total. The summed E-state index contributed by atoms with van der Waals surface area (Å²) in [6.07, 6.45) is 1.23. The van der Waals surface area contributed by atoms with E-state index in [1.165, 1.54) is 0 Å². The minimum absolute atomic E-state index is 0.0863. The summed E-state index contributed by atoms with van der Waals surface area (Å²) in [7, 11) is 0. The summed E-state index contributed by atoms with van der Waals surface area (Å²) in [6.45, 7) is 15.1. The average molecular weight is 522 g/mol. The zero-order valence-electron chi connectivity index (χ0n) is 24.1. The highest BCUT2D eigenvalue weighted by molar-refractivity contribution is 5.93. The van der Waals surface area contributed by atoms with Gasteiger partial charge in [-0.15, -0.1) is 0 Å². The number of rotatable bonds is 8. The van der Waals surface area contributed by atoms with E-state index < -0.39 is 29.3 Å². The normalized spacial score (nSPS) is 15.3. The minimum atomic E-state index is -0.900. The number of amides is 3. The molecule has 2 aromatic rings. The number of alkyl carbamates (subject to hydrolysis) is 1. The molecule has 7 heteroatoms. The number of ether oxygens (including phenoxy) is 1. The number of nitrogens with zero attached hydrogens (tertiary/aromatic N) is 1. The molecule has 1 fully saturated rings. The maximum absolute atomic E-state index is 14.4. The number of hydrogen-bond acceptors (Lipinski definition) is 4. The first kappa shape index (κ1) is 29.2. The van der Waals surface area contributed by atoms with Crippen LogP contribution in [0.5, 0.6) is 0 Å². The molecule has 0 radical (unpaired) electrons. The van der Waals surface area contributed by atoms with Gasteiger partial charge in [0.25, 0.3) is 0 Å². The monoisotopic (exact) mass is 521 g/mol. The molecule has 0 aromatic heterocycles. The van der Waals surface area contributed by atoms with Crippen LogP contribution >= 0.6 is 0 Å². The first-order chi connectivity index (χ1) is 17.6. The van der Waals surface area contributed by atoms with Crippen LogP contribution in [0.2, 0.25) is 0 Å². The molecular formula is C31H43N3O4. The van der Waals surface area contributed by atoms with Crippen molar-refractivity contribution in [3.05, 3.63) is 70.8 Å². The van der Waals surface area contributed by atoms with Crippen LogP contribution in [0, 0.1) is 13.8 Å². The van der Waals surface area contributed by atoms with Crippen LogP contribution in [0.3, 0.4) is 0 Å².